The molecule has 0 spiro atoms. The topological polar surface area (TPSA) is 127 Å². The van der Waals surface area contributed by atoms with Crippen molar-refractivity contribution >= 4 is 38.0 Å². The number of nitrogen functional groups attached to an aromatic ring is 1. The number of azo groups is 1. The molecule has 158 valence electrons. The average molecular weight is 458 g/mol. The molecule has 4 aromatic rings. The van der Waals surface area contributed by atoms with E-state index >= 15 is 0 Å². The van der Waals surface area contributed by atoms with E-state index in [1.807, 2.05) is 24.3 Å². The van der Waals surface area contributed by atoms with Crippen LogP contribution < -0.4 is 40.0 Å². The van der Waals surface area contributed by atoms with Gasteiger partial charge in [-0.15, -0.1) is 10.2 Å². The smallest absolute Gasteiger partial charge is 1.00 e. The molecule has 0 atom stereocenters. The van der Waals surface area contributed by atoms with Crippen LogP contribution in [0.25, 0.3) is 22.0 Å². The van der Waals surface area contributed by atoms with Gasteiger partial charge in [-0.3, -0.25) is 9.54 Å². The van der Waals surface area contributed by atoms with Crippen LogP contribution in [0.4, 0.5) is 17.1 Å². The fraction of sp³-hybridized carbons (Fsp3) is 0.0455. The SMILES string of the molecule is COc1ccc(-c2ccc(N=Nc3cc(S(=O)(=O)O)c4ccccc4c3N)cn2)cc1.[H-].[Na+]. The third-order valence-electron chi connectivity index (χ3n) is 4.71. The van der Waals surface area contributed by atoms with E-state index in [0.29, 0.717) is 16.5 Å². The quantitative estimate of drug-likeness (QED) is 0.204. The van der Waals surface area contributed by atoms with E-state index in [1.165, 1.54) is 6.07 Å². The van der Waals surface area contributed by atoms with Gasteiger partial charge < -0.3 is 11.9 Å². The summed E-state index contributed by atoms with van der Waals surface area (Å²) in [7, 11) is -2.87. The molecule has 0 aliphatic carbocycles. The molecule has 32 heavy (non-hydrogen) atoms. The molecular weight excluding hydrogens is 439 g/mol. The Balaban J connectivity index is 0.00000193. The summed E-state index contributed by atoms with van der Waals surface area (Å²) in [5, 5.41) is 8.98. The summed E-state index contributed by atoms with van der Waals surface area (Å²) >= 11 is 0. The number of pyridine rings is 1. The van der Waals surface area contributed by atoms with E-state index < -0.39 is 10.1 Å². The second-order valence-corrected chi connectivity index (χ2v) is 8.05. The normalized spacial score (nSPS) is 11.4. The molecule has 0 aliphatic heterocycles. The molecule has 0 aliphatic rings. The molecule has 1 aromatic heterocycles. The molecule has 0 saturated carbocycles. The molecule has 3 N–H and O–H groups in total. The van der Waals surface area contributed by atoms with Gasteiger partial charge in [0.05, 0.1) is 24.7 Å². The molecule has 0 saturated heterocycles. The summed E-state index contributed by atoms with van der Waals surface area (Å²) in [5.74, 6) is 0.756. The van der Waals surface area contributed by atoms with Crippen molar-refractivity contribution in [2.24, 2.45) is 10.2 Å². The van der Waals surface area contributed by atoms with Crippen molar-refractivity contribution in [2.45, 2.75) is 4.90 Å². The van der Waals surface area contributed by atoms with E-state index in [2.05, 4.69) is 15.2 Å². The van der Waals surface area contributed by atoms with Gasteiger partial charge in [0.2, 0.25) is 0 Å². The molecule has 0 amide bonds. The number of hydrogen-bond acceptors (Lipinski definition) is 7. The summed E-state index contributed by atoms with van der Waals surface area (Å²) in [6.45, 7) is 0. The van der Waals surface area contributed by atoms with Crippen LogP contribution in [0.15, 0.2) is 88.1 Å². The maximum Gasteiger partial charge on any atom is 1.00 e. The van der Waals surface area contributed by atoms with Gasteiger partial charge in [-0.2, -0.15) is 8.42 Å². The molecule has 3 aromatic carbocycles. The Labute approximate surface area is 208 Å². The summed E-state index contributed by atoms with van der Waals surface area (Å²) in [4.78, 5) is 4.11. The van der Waals surface area contributed by atoms with Gasteiger partial charge in [-0.25, -0.2) is 0 Å². The first-order chi connectivity index (χ1) is 14.9. The molecule has 0 unspecified atom stereocenters. The van der Waals surface area contributed by atoms with Gasteiger partial charge in [0, 0.05) is 16.3 Å². The number of benzene rings is 3. The van der Waals surface area contributed by atoms with E-state index in [4.69, 9.17) is 10.5 Å². The molecular formula is C22H19N4NaO4S. The van der Waals surface area contributed by atoms with E-state index in [0.717, 1.165) is 17.0 Å². The number of nitrogens with zero attached hydrogens (tertiary/aromatic N) is 3. The molecule has 0 radical (unpaired) electrons. The third-order valence-corrected chi connectivity index (χ3v) is 5.60. The number of methoxy groups -OCH3 is 1. The monoisotopic (exact) mass is 458 g/mol. The Hall–Kier alpha value is -2.82. The van der Waals surface area contributed by atoms with Crippen molar-refractivity contribution in [2.75, 3.05) is 12.8 Å². The molecule has 8 nitrogen and oxygen atoms in total. The number of rotatable bonds is 5. The van der Waals surface area contributed by atoms with Crippen molar-refractivity contribution in [1.29, 1.82) is 0 Å². The molecule has 0 fully saturated rings. The Morgan fingerprint density at radius 2 is 1.69 bits per heavy atom. The van der Waals surface area contributed by atoms with Crippen LogP contribution in [-0.2, 0) is 10.1 Å². The van der Waals surface area contributed by atoms with Crippen molar-refractivity contribution in [3.05, 3.63) is 72.9 Å². The van der Waals surface area contributed by atoms with Crippen molar-refractivity contribution in [1.82, 2.24) is 4.98 Å². The van der Waals surface area contributed by atoms with Gasteiger partial charge in [0.1, 0.15) is 22.0 Å². The van der Waals surface area contributed by atoms with Gasteiger partial charge >= 0.3 is 29.6 Å². The minimum absolute atomic E-state index is 0. The Morgan fingerprint density at radius 3 is 2.28 bits per heavy atom. The first-order valence-electron chi connectivity index (χ1n) is 9.18. The standard InChI is InChI=1S/C22H18N4O4S.Na.H/c1-30-16-9-6-14(7-10-16)19-11-8-15(13-24-19)25-26-20-12-21(31(27,28)29)17-4-2-3-5-18(17)22(20)23;;/h2-13H,23H2,1H3,(H,27,28,29);;/q;+1;-1. The fourth-order valence-electron chi connectivity index (χ4n) is 3.14. The van der Waals surface area contributed by atoms with Crippen molar-refractivity contribution < 1.29 is 48.7 Å². The zero-order valence-electron chi connectivity index (χ0n) is 18.4. The summed E-state index contributed by atoms with van der Waals surface area (Å²) in [6, 6.07) is 18.8. The summed E-state index contributed by atoms with van der Waals surface area (Å²) in [6.07, 6.45) is 1.55. The fourth-order valence-corrected chi connectivity index (χ4v) is 3.85. The van der Waals surface area contributed by atoms with Gasteiger partial charge in [0.15, 0.2) is 0 Å². The largest absolute Gasteiger partial charge is 1.00 e. The number of aromatic nitrogens is 1. The Kier molecular flexibility index (Phi) is 7.27. The summed E-state index contributed by atoms with van der Waals surface area (Å²) in [5.41, 5.74) is 8.68. The van der Waals surface area contributed by atoms with Crippen LogP contribution in [0.5, 0.6) is 5.75 Å². The zero-order valence-corrected chi connectivity index (χ0v) is 20.2. The first-order valence-corrected chi connectivity index (χ1v) is 10.6. The molecule has 10 heteroatoms. The second kappa shape index (κ2) is 9.76. The van der Waals surface area contributed by atoms with Crippen LogP contribution in [0.2, 0.25) is 0 Å². The van der Waals surface area contributed by atoms with E-state index in [-0.39, 0.29) is 47.3 Å². The first kappa shape index (κ1) is 23.8. The molecule has 0 bridgehead atoms. The predicted octanol–water partition coefficient (Wildman–Crippen LogP) is 2.27. The van der Waals surface area contributed by atoms with Crippen molar-refractivity contribution in [3.8, 4) is 17.0 Å². The number of fused-ring (bicyclic) bond motifs is 1. The second-order valence-electron chi connectivity index (χ2n) is 6.66. The maximum absolute atomic E-state index is 11.8. The third kappa shape index (κ3) is 4.98. The summed E-state index contributed by atoms with van der Waals surface area (Å²) < 4.78 is 38.4. The Morgan fingerprint density at radius 1 is 1.00 bits per heavy atom. The van der Waals surface area contributed by atoms with Crippen LogP contribution >= 0.6 is 0 Å². The minimum Gasteiger partial charge on any atom is -1.00 e. The maximum atomic E-state index is 11.8. The number of nitrogens with two attached hydrogens (primary N) is 1. The number of ether oxygens (including phenoxy) is 1. The van der Waals surface area contributed by atoms with Crippen LogP contribution in [0.1, 0.15) is 1.43 Å². The Bertz CT molecular complexity index is 1400. The number of anilines is 1. The molecule has 4 rings (SSSR count). The number of hydrogen-bond donors (Lipinski definition) is 2. The van der Waals surface area contributed by atoms with E-state index in [1.54, 1.807) is 49.7 Å². The van der Waals surface area contributed by atoms with Crippen LogP contribution in [-0.4, -0.2) is 25.1 Å². The average Bonchev–Trinajstić information content (AvgIpc) is 2.78. The van der Waals surface area contributed by atoms with E-state index in [9.17, 15) is 13.0 Å². The van der Waals surface area contributed by atoms with Crippen molar-refractivity contribution in [3.63, 3.8) is 0 Å². The van der Waals surface area contributed by atoms with Gasteiger partial charge in [-0.05, 0) is 42.5 Å². The predicted molar refractivity (Wildman–Crippen MR) is 120 cm³/mol. The minimum atomic E-state index is -4.47. The van der Waals surface area contributed by atoms with Gasteiger partial charge in [0.25, 0.3) is 10.1 Å². The zero-order chi connectivity index (χ0) is 22.0. The molecule has 1 heterocycles. The van der Waals surface area contributed by atoms with Crippen LogP contribution in [0.3, 0.4) is 0 Å². The van der Waals surface area contributed by atoms with Crippen LogP contribution in [0, 0.1) is 0 Å². The van der Waals surface area contributed by atoms with Gasteiger partial charge in [-0.1, -0.05) is 24.3 Å².